The number of hydrogen-bond donors (Lipinski definition) is 1. The Morgan fingerprint density at radius 3 is 2.77 bits per heavy atom. The van der Waals surface area contributed by atoms with E-state index >= 15 is 0 Å². The molecule has 0 saturated carbocycles. The largest absolute Gasteiger partial charge is 0.337 e. The van der Waals surface area contributed by atoms with Crippen molar-refractivity contribution in [1.29, 1.82) is 0 Å². The minimum atomic E-state index is 0.931. The van der Waals surface area contributed by atoms with E-state index in [1.54, 1.807) is 0 Å². The number of imidazole rings is 1. The van der Waals surface area contributed by atoms with Crippen molar-refractivity contribution in [3.8, 4) is 0 Å². The van der Waals surface area contributed by atoms with Gasteiger partial charge in [-0.1, -0.05) is 19.6 Å². The molecule has 3 heteroatoms. The highest BCUT2D eigenvalue weighted by molar-refractivity contribution is 14.1. The van der Waals surface area contributed by atoms with Gasteiger partial charge < -0.3 is 4.98 Å². The second-order valence-corrected chi connectivity index (χ2v) is 3.84. The van der Waals surface area contributed by atoms with Crippen LogP contribution in [0.2, 0.25) is 0 Å². The molecule has 13 heavy (non-hydrogen) atoms. The monoisotopic (exact) mass is 288 g/mol. The van der Waals surface area contributed by atoms with Crippen molar-refractivity contribution >= 4 is 28.7 Å². The van der Waals surface area contributed by atoms with Crippen molar-refractivity contribution in [3.63, 3.8) is 0 Å². The quantitative estimate of drug-likeness (QED) is 0.671. The van der Waals surface area contributed by atoms with Gasteiger partial charge in [0.2, 0.25) is 0 Å². The molecule has 1 rings (SSSR count). The predicted molar refractivity (Wildman–Crippen MR) is 64.5 cm³/mol. The highest BCUT2D eigenvalue weighted by Gasteiger charge is 2.01. The molecule has 1 heterocycles. The molecule has 0 radical (unpaired) electrons. The van der Waals surface area contributed by atoms with E-state index in [-0.39, 0.29) is 0 Å². The summed E-state index contributed by atoms with van der Waals surface area (Å²) >= 11 is 2.18. The molecule has 0 unspecified atom stereocenters. The molecule has 0 saturated heterocycles. The smallest absolute Gasteiger partial charge is 0.169 e. The normalized spacial score (nSPS) is 11.8. The lowest BCUT2D eigenvalue weighted by Gasteiger charge is -1.94. The van der Waals surface area contributed by atoms with Gasteiger partial charge in [0.25, 0.3) is 0 Å². The zero-order valence-electron chi connectivity index (χ0n) is 7.89. The molecule has 0 aliphatic carbocycles. The first-order chi connectivity index (χ1) is 6.17. The fourth-order valence-electron chi connectivity index (χ4n) is 1.06. The molecule has 0 amide bonds. The van der Waals surface area contributed by atoms with E-state index < -0.39 is 0 Å². The van der Waals surface area contributed by atoms with Crippen molar-refractivity contribution in [3.05, 3.63) is 33.4 Å². The van der Waals surface area contributed by atoms with Gasteiger partial charge in [-0.15, -0.1) is 0 Å². The van der Waals surface area contributed by atoms with Crippen LogP contribution >= 0.6 is 22.6 Å². The number of aryl methyl sites for hydroxylation is 1. The molecule has 0 aromatic carbocycles. The predicted octanol–water partition coefficient (Wildman–Crippen LogP) is 3.30. The average molecular weight is 288 g/mol. The second-order valence-electron chi connectivity index (χ2n) is 2.81. The molecule has 0 spiro atoms. The first kappa shape index (κ1) is 10.5. The summed E-state index contributed by atoms with van der Waals surface area (Å²) in [6.07, 6.45) is 4.94. The summed E-state index contributed by atoms with van der Waals surface area (Å²) in [5, 5.41) is 0. The van der Waals surface area contributed by atoms with Gasteiger partial charge in [0.1, 0.15) is 0 Å². The molecular weight excluding hydrogens is 275 g/mol. The number of allylic oxidation sites excluding steroid dienone is 2. The second kappa shape index (κ2) is 4.60. The number of rotatable bonds is 3. The third-order valence-corrected chi connectivity index (χ3v) is 2.40. The van der Waals surface area contributed by atoms with Crippen LogP contribution < -0.4 is 0 Å². The summed E-state index contributed by atoms with van der Waals surface area (Å²) in [7, 11) is 0. The van der Waals surface area contributed by atoms with Crippen molar-refractivity contribution in [1.82, 2.24) is 9.97 Å². The number of halogens is 1. The Morgan fingerprint density at radius 1 is 1.69 bits per heavy atom. The lowest BCUT2D eigenvalue weighted by atomic mass is 10.1. The van der Waals surface area contributed by atoms with E-state index in [1.165, 1.54) is 5.57 Å². The van der Waals surface area contributed by atoms with Gasteiger partial charge in [-0.3, -0.25) is 0 Å². The van der Waals surface area contributed by atoms with Crippen LogP contribution in [0.3, 0.4) is 0 Å². The Hall–Kier alpha value is -0.580. The summed E-state index contributed by atoms with van der Waals surface area (Å²) in [5.41, 5.74) is 3.34. The first-order valence-corrected chi connectivity index (χ1v) is 5.30. The number of aromatic nitrogens is 2. The minimum Gasteiger partial charge on any atom is -0.337 e. The average Bonchev–Trinajstić information content (AvgIpc) is 2.41. The molecule has 70 valence electrons. The third kappa shape index (κ3) is 2.69. The summed E-state index contributed by atoms with van der Waals surface area (Å²) in [6.45, 7) is 7.89. The summed E-state index contributed by atoms with van der Waals surface area (Å²) in [4.78, 5) is 7.51. The van der Waals surface area contributed by atoms with Crippen molar-refractivity contribution in [2.45, 2.75) is 20.3 Å². The van der Waals surface area contributed by atoms with Gasteiger partial charge in [-0.2, -0.15) is 0 Å². The van der Waals surface area contributed by atoms with Crippen LogP contribution in [0.5, 0.6) is 0 Å². The van der Waals surface area contributed by atoms with Crippen LogP contribution in [0.25, 0.3) is 6.08 Å². The maximum atomic E-state index is 4.35. The van der Waals surface area contributed by atoms with Crippen LogP contribution in [-0.2, 0) is 0 Å². The molecule has 2 nitrogen and oxygen atoms in total. The fraction of sp³-hybridized carbons (Fsp3) is 0.300. The van der Waals surface area contributed by atoms with Gasteiger partial charge in [0, 0.05) is 5.69 Å². The summed E-state index contributed by atoms with van der Waals surface area (Å²) < 4.78 is 0.931. The Bertz CT molecular complexity index is 337. The van der Waals surface area contributed by atoms with E-state index in [0.717, 1.165) is 21.6 Å². The maximum Gasteiger partial charge on any atom is 0.169 e. The number of H-pyrrole nitrogens is 1. The summed E-state index contributed by atoms with van der Waals surface area (Å²) in [5.74, 6) is 0. The van der Waals surface area contributed by atoms with E-state index in [1.807, 2.05) is 13.0 Å². The molecule has 1 aromatic heterocycles. The molecule has 1 N–H and O–H groups in total. The minimum absolute atomic E-state index is 0.931. The van der Waals surface area contributed by atoms with E-state index in [0.29, 0.717) is 0 Å². The van der Waals surface area contributed by atoms with E-state index in [4.69, 9.17) is 0 Å². The Kier molecular flexibility index (Phi) is 3.71. The van der Waals surface area contributed by atoms with Gasteiger partial charge >= 0.3 is 0 Å². The molecule has 1 aromatic rings. The molecule has 0 aliphatic rings. The van der Waals surface area contributed by atoms with Crippen LogP contribution in [0.1, 0.15) is 24.7 Å². The van der Waals surface area contributed by atoms with Gasteiger partial charge in [-0.25, -0.2) is 4.98 Å². The number of nitrogens with zero attached hydrogens (tertiary/aromatic N) is 1. The van der Waals surface area contributed by atoms with Crippen LogP contribution in [-0.4, -0.2) is 9.97 Å². The maximum absolute atomic E-state index is 4.35. The van der Waals surface area contributed by atoms with Crippen LogP contribution in [0.15, 0.2) is 18.2 Å². The lowest BCUT2D eigenvalue weighted by Crippen LogP contribution is -1.80. The van der Waals surface area contributed by atoms with E-state index in [9.17, 15) is 0 Å². The lowest BCUT2D eigenvalue weighted by molar-refractivity contribution is 1.16. The van der Waals surface area contributed by atoms with Gasteiger partial charge in [-0.05, 0) is 47.6 Å². The molecule has 0 fully saturated rings. The number of nitrogens with one attached hydrogen (secondary N) is 1. The summed E-state index contributed by atoms with van der Waals surface area (Å²) in [6, 6.07) is 0. The topological polar surface area (TPSA) is 28.7 Å². The Balaban J connectivity index is 3.01. The van der Waals surface area contributed by atoms with Crippen molar-refractivity contribution in [2.24, 2.45) is 0 Å². The number of hydrogen-bond acceptors (Lipinski definition) is 1. The van der Waals surface area contributed by atoms with Crippen molar-refractivity contribution < 1.29 is 0 Å². The fourth-order valence-corrected chi connectivity index (χ4v) is 1.72. The highest BCUT2D eigenvalue weighted by atomic mass is 127. The standard InChI is InChI=1S/C10H13IN2/c1-4-8(5-2)6-9-7(3)12-10(11)13-9/h4,6H,1,5H2,2-3H3,(H,12,13)/b8-6+. The van der Waals surface area contributed by atoms with Crippen LogP contribution in [0.4, 0.5) is 0 Å². The number of aromatic amines is 1. The highest BCUT2D eigenvalue weighted by Crippen LogP contribution is 2.13. The first-order valence-electron chi connectivity index (χ1n) is 4.22. The molecular formula is C10H13IN2. The van der Waals surface area contributed by atoms with Crippen LogP contribution in [0, 0.1) is 10.8 Å². The zero-order valence-corrected chi connectivity index (χ0v) is 10.1. The SMILES string of the molecule is C=C/C(=C\c1nc(I)[nH]c1C)CC. The molecule has 0 bridgehead atoms. The van der Waals surface area contributed by atoms with Gasteiger partial charge in [0.15, 0.2) is 3.83 Å². The zero-order chi connectivity index (χ0) is 9.84. The Labute approximate surface area is 92.3 Å². The molecule has 0 atom stereocenters. The van der Waals surface area contributed by atoms with Crippen molar-refractivity contribution in [2.75, 3.05) is 0 Å². The van der Waals surface area contributed by atoms with E-state index in [2.05, 4.69) is 52.1 Å². The Morgan fingerprint density at radius 2 is 2.38 bits per heavy atom. The van der Waals surface area contributed by atoms with Gasteiger partial charge in [0.05, 0.1) is 5.69 Å². The third-order valence-electron chi connectivity index (χ3n) is 1.89. The molecule has 0 aliphatic heterocycles.